The standard InChI is InChI=1S/C21H28O2/c1-4-13-11-14-12-15(23-3)5-6-16(14)17-9-10-21(2)18(20(13)17)7-8-19(21)22/h5-6,12-13,17-18,20H,4,7-11H2,1-3H3/t13-,17-,18+,20-,21+/m1/s1. The summed E-state index contributed by atoms with van der Waals surface area (Å²) in [5.41, 5.74) is 3.01. The number of hydrogen-bond acceptors (Lipinski definition) is 2. The number of hydrogen-bond donors (Lipinski definition) is 0. The lowest BCUT2D eigenvalue weighted by atomic mass is 9.52. The zero-order valence-electron chi connectivity index (χ0n) is 14.6. The lowest BCUT2D eigenvalue weighted by molar-refractivity contribution is -0.130. The molecule has 0 bridgehead atoms. The highest BCUT2D eigenvalue weighted by Gasteiger charge is 2.56. The van der Waals surface area contributed by atoms with Crippen molar-refractivity contribution in [1.82, 2.24) is 0 Å². The van der Waals surface area contributed by atoms with Gasteiger partial charge in [0, 0.05) is 11.8 Å². The molecule has 0 aliphatic heterocycles. The predicted molar refractivity (Wildman–Crippen MR) is 91.8 cm³/mol. The van der Waals surface area contributed by atoms with Gasteiger partial charge >= 0.3 is 0 Å². The average molecular weight is 312 g/mol. The molecule has 0 aromatic heterocycles. The number of Topliss-reactive ketones (excluding diaryl/α,β-unsaturated/α-hetero) is 1. The van der Waals surface area contributed by atoms with Gasteiger partial charge in [-0.2, -0.15) is 0 Å². The SMILES string of the molecule is CC[C@@H]1Cc2cc(OC)ccc2[C@H]2CC[C@]3(C)C(=O)CC[C@H]3[C@H]12. The van der Waals surface area contributed by atoms with Crippen molar-refractivity contribution in [2.75, 3.05) is 7.11 Å². The summed E-state index contributed by atoms with van der Waals surface area (Å²) in [7, 11) is 1.75. The van der Waals surface area contributed by atoms with Crippen LogP contribution in [-0.2, 0) is 11.2 Å². The van der Waals surface area contributed by atoms with Crippen molar-refractivity contribution in [3.8, 4) is 5.75 Å². The van der Waals surface area contributed by atoms with Crippen molar-refractivity contribution >= 4 is 5.78 Å². The summed E-state index contributed by atoms with van der Waals surface area (Å²) in [5, 5.41) is 0. The molecule has 3 aliphatic rings. The van der Waals surface area contributed by atoms with Gasteiger partial charge in [-0.05, 0) is 72.6 Å². The molecule has 0 spiro atoms. The minimum atomic E-state index is -0.0292. The molecule has 2 nitrogen and oxygen atoms in total. The Morgan fingerprint density at radius 1 is 1.30 bits per heavy atom. The van der Waals surface area contributed by atoms with E-state index >= 15 is 0 Å². The molecule has 23 heavy (non-hydrogen) atoms. The average Bonchev–Trinajstić information content (AvgIpc) is 2.88. The van der Waals surface area contributed by atoms with Crippen molar-refractivity contribution in [3.05, 3.63) is 29.3 Å². The Morgan fingerprint density at radius 3 is 2.87 bits per heavy atom. The zero-order valence-corrected chi connectivity index (χ0v) is 14.6. The fourth-order valence-electron chi connectivity index (χ4n) is 6.07. The first-order chi connectivity index (χ1) is 11.1. The third kappa shape index (κ3) is 2.10. The molecule has 0 heterocycles. The largest absolute Gasteiger partial charge is 0.497 e. The molecule has 5 atom stereocenters. The maximum atomic E-state index is 12.5. The maximum absolute atomic E-state index is 12.5. The first-order valence-electron chi connectivity index (χ1n) is 9.28. The number of carbonyl (C=O) groups excluding carboxylic acids is 1. The molecule has 0 unspecified atom stereocenters. The molecule has 4 rings (SSSR count). The molecule has 3 aliphatic carbocycles. The monoisotopic (exact) mass is 312 g/mol. The molecule has 124 valence electrons. The van der Waals surface area contributed by atoms with Crippen LogP contribution in [-0.4, -0.2) is 12.9 Å². The van der Waals surface area contributed by atoms with Gasteiger partial charge in [-0.15, -0.1) is 0 Å². The van der Waals surface area contributed by atoms with Crippen LogP contribution >= 0.6 is 0 Å². The van der Waals surface area contributed by atoms with Crippen molar-refractivity contribution in [2.24, 2.45) is 23.2 Å². The van der Waals surface area contributed by atoms with Crippen LogP contribution in [0, 0.1) is 23.2 Å². The van der Waals surface area contributed by atoms with Crippen molar-refractivity contribution in [2.45, 2.75) is 58.3 Å². The summed E-state index contributed by atoms with van der Waals surface area (Å²) >= 11 is 0. The normalized spacial score (nSPS) is 38.7. The number of ether oxygens (including phenoxy) is 1. The Bertz CT molecular complexity index is 635. The Kier molecular flexibility index (Phi) is 3.55. The Balaban J connectivity index is 1.76. The predicted octanol–water partition coefficient (Wildman–Crippen LogP) is 4.76. The Labute approximate surface area is 139 Å². The molecule has 0 N–H and O–H groups in total. The highest BCUT2D eigenvalue weighted by Crippen LogP contribution is 2.61. The number of ketones is 1. The van der Waals surface area contributed by atoms with Crippen LogP contribution < -0.4 is 4.74 Å². The van der Waals surface area contributed by atoms with Gasteiger partial charge in [0.05, 0.1) is 7.11 Å². The Hall–Kier alpha value is -1.31. The van der Waals surface area contributed by atoms with Crippen LogP contribution in [0.4, 0.5) is 0 Å². The molecule has 1 aromatic carbocycles. The van der Waals surface area contributed by atoms with E-state index in [9.17, 15) is 4.79 Å². The minimum Gasteiger partial charge on any atom is -0.497 e. The molecule has 0 saturated heterocycles. The number of methoxy groups -OCH3 is 1. The van der Waals surface area contributed by atoms with E-state index < -0.39 is 0 Å². The van der Waals surface area contributed by atoms with E-state index in [-0.39, 0.29) is 5.41 Å². The summed E-state index contributed by atoms with van der Waals surface area (Å²) in [6, 6.07) is 6.68. The van der Waals surface area contributed by atoms with E-state index in [0.29, 0.717) is 23.5 Å². The number of fused-ring (bicyclic) bond motifs is 5. The molecule has 1 aromatic rings. The summed E-state index contributed by atoms with van der Waals surface area (Å²) in [6.07, 6.45) is 6.58. The molecule has 0 radical (unpaired) electrons. The topological polar surface area (TPSA) is 26.3 Å². The summed E-state index contributed by atoms with van der Waals surface area (Å²) in [5.74, 6) is 4.19. The molecular weight excluding hydrogens is 284 g/mol. The summed E-state index contributed by atoms with van der Waals surface area (Å²) in [6.45, 7) is 4.59. The molecular formula is C21H28O2. The highest BCUT2D eigenvalue weighted by molar-refractivity contribution is 5.87. The van der Waals surface area contributed by atoms with Gasteiger partial charge < -0.3 is 4.74 Å². The molecule has 2 fully saturated rings. The zero-order chi connectivity index (χ0) is 16.2. The van der Waals surface area contributed by atoms with E-state index in [4.69, 9.17) is 4.74 Å². The lowest BCUT2D eigenvalue weighted by Crippen LogP contribution is -2.46. The summed E-state index contributed by atoms with van der Waals surface area (Å²) in [4.78, 5) is 12.5. The Morgan fingerprint density at radius 2 is 2.13 bits per heavy atom. The second-order valence-electron chi connectivity index (χ2n) is 8.15. The third-order valence-electron chi connectivity index (χ3n) is 7.34. The van der Waals surface area contributed by atoms with Crippen LogP contribution in [0.2, 0.25) is 0 Å². The molecule has 2 heteroatoms. The van der Waals surface area contributed by atoms with Crippen LogP contribution in [0.25, 0.3) is 0 Å². The van der Waals surface area contributed by atoms with Crippen molar-refractivity contribution in [3.63, 3.8) is 0 Å². The van der Waals surface area contributed by atoms with Crippen molar-refractivity contribution < 1.29 is 9.53 Å². The highest BCUT2D eigenvalue weighted by atomic mass is 16.5. The smallest absolute Gasteiger partial charge is 0.139 e. The van der Waals surface area contributed by atoms with Crippen molar-refractivity contribution in [1.29, 1.82) is 0 Å². The maximum Gasteiger partial charge on any atom is 0.139 e. The van der Waals surface area contributed by atoms with Gasteiger partial charge in [-0.1, -0.05) is 26.3 Å². The van der Waals surface area contributed by atoms with Gasteiger partial charge in [0.15, 0.2) is 0 Å². The van der Waals surface area contributed by atoms with Gasteiger partial charge in [-0.3, -0.25) is 4.79 Å². The lowest BCUT2D eigenvalue weighted by Gasteiger charge is -2.51. The van der Waals surface area contributed by atoms with Crippen LogP contribution in [0.15, 0.2) is 18.2 Å². The number of benzene rings is 1. The second kappa shape index (κ2) is 5.36. The van der Waals surface area contributed by atoms with E-state index in [2.05, 4.69) is 32.0 Å². The molecule has 0 amide bonds. The fraction of sp³-hybridized carbons (Fsp3) is 0.667. The number of carbonyl (C=O) groups is 1. The first-order valence-corrected chi connectivity index (χ1v) is 9.28. The number of rotatable bonds is 2. The third-order valence-corrected chi connectivity index (χ3v) is 7.34. The van der Waals surface area contributed by atoms with E-state index in [1.807, 2.05) is 0 Å². The van der Waals surface area contributed by atoms with E-state index in [1.54, 1.807) is 12.7 Å². The van der Waals surface area contributed by atoms with Crippen LogP contribution in [0.5, 0.6) is 5.75 Å². The van der Waals surface area contributed by atoms with Gasteiger partial charge in [-0.25, -0.2) is 0 Å². The van der Waals surface area contributed by atoms with E-state index in [0.717, 1.165) is 37.4 Å². The van der Waals surface area contributed by atoms with Crippen LogP contribution in [0.1, 0.15) is 63.0 Å². The van der Waals surface area contributed by atoms with Gasteiger partial charge in [0.2, 0.25) is 0 Å². The van der Waals surface area contributed by atoms with Crippen LogP contribution in [0.3, 0.4) is 0 Å². The molecule has 2 saturated carbocycles. The second-order valence-corrected chi connectivity index (χ2v) is 8.15. The van der Waals surface area contributed by atoms with Gasteiger partial charge in [0.25, 0.3) is 0 Å². The van der Waals surface area contributed by atoms with E-state index in [1.165, 1.54) is 18.4 Å². The minimum absolute atomic E-state index is 0.0292. The summed E-state index contributed by atoms with van der Waals surface area (Å²) < 4.78 is 5.44. The fourth-order valence-corrected chi connectivity index (χ4v) is 6.07. The quantitative estimate of drug-likeness (QED) is 0.787. The van der Waals surface area contributed by atoms with Gasteiger partial charge in [0.1, 0.15) is 11.5 Å². The first kappa shape index (κ1) is 15.2.